The van der Waals surface area contributed by atoms with Crippen LogP contribution < -0.4 is 20.1 Å². The number of hydrogen-bond donors (Lipinski definition) is 2. The van der Waals surface area contributed by atoms with Gasteiger partial charge in [0.2, 0.25) is 44.8 Å². The zero-order valence-electron chi connectivity index (χ0n) is 33.0. The Morgan fingerprint density at radius 1 is 0.508 bits per heavy atom. The molecule has 0 aliphatic heterocycles. The number of carbonyl (C=O) groups is 8. The fourth-order valence-corrected chi connectivity index (χ4v) is 6.22. The highest BCUT2D eigenvalue weighted by atomic mass is 32.2. The average molecular weight is 853 g/mol. The Bertz CT molecular complexity index is 2320. The van der Waals surface area contributed by atoms with Crippen LogP contribution >= 0.6 is 0 Å². The third kappa shape index (κ3) is 13.8. The van der Waals surface area contributed by atoms with Gasteiger partial charge in [0.05, 0.1) is 47.2 Å². The summed E-state index contributed by atoms with van der Waals surface area (Å²) in [7, 11) is -4.03. The van der Waals surface area contributed by atoms with E-state index >= 15 is 0 Å². The summed E-state index contributed by atoms with van der Waals surface area (Å²) in [6, 6.07) is 23.4. The molecule has 2 amide bonds. The van der Waals surface area contributed by atoms with Crippen LogP contribution in [-0.4, -0.2) is 68.5 Å². The number of carbonyl (C=O) groups excluding carboxylic acids is 8. The molecule has 61 heavy (non-hydrogen) atoms. The number of esters is 2. The topological polar surface area (TPSA) is 232 Å². The van der Waals surface area contributed by atoms with E-state index in [1.54, 1.807) is 24.3 Å². The predicted octanol–water partition coefficient (Wildman–Crippen LogP) is 6.06. The van der Waals surface area contributed by atoms with Gasteiger partial charge in [-0.1, -0.05) is 37.4 Å². The zero-order valence-corrected chi connectivity index (χ0v) is 33.8. The molecule has 0 saturated heterocycles. The van der Waals surface area contributed by atoms with Crippen molar-refractivity contribution in [1.29, 1.82) is 0 Å². The molecule has 0 fully saturated rings. The number of benzene rings is 4. The van der Waals surface area contributed by atoms with Crippen molar-refractivity contribution in [2.75, 3.05) is 23.8 Å². The molecule has 0 aliphatic rings. The fourth-order valence-electron chi connectivity index (χ4n) is 4.96. The summed E-state index contributed by atoms with van der Waals surface area (Å²) >= 11 is 0. The lowest BCUT2D eigenvalue weighted by atomic mass is 10.1. The molecule has 0 atom stereocenters. The van der Waals surface area contributed by atoms with Crippen LogP contribution in [0.25, 0.3) is 0 Å². The van der Waals surface area contributed by atoms with E-state index in [1.807, 2.05) is 0 Å². The van der Waals surface area contributed by atoms with Crippen molar-refractivity contribution >= 4 is 68.1 Å². The third-order valence-corrected chi connectivity index (χ3v) is 9.92. The SMILES string of the molecule is C=C(C)C(=O)OCCC(=O)C(=O)CC(=O)Nc1ccccc1Oc1ccc(S(=O)(=O)c2ccc(Oc3ccccc3NC(=O)CC(=O)C(=O)CCOC(=O)C(=C)C)cc2)cc1. The van der Waals surface area contributed by atoms with Crippen LogP contribution in [0.3, 0.4) is 0 Å². The van der Waals surface area contributed by atoms with Crippen molar-refractivity contribution in [3.8, 4) is 23.0 Å². The number of nitrogens with one attached hydrogen (secondary N) is 2. The first-order valence-electron chi connectivity index (χ1n) is 18.3. The number of sulfone groups is 1. The van der Waals surface area contributed by atoms with Crippen molar-refractivity contribution in [1.82, 2.24) is 0 Å². The molecule has 0 saturated carbocycles. The van der Waals surface area contributed by atoms with Crippen molar-refractivity contribution in [2.45, 2.75) is 49.3 Å². The molecule has 0 aromatic heterocycles. The lowest BCUT2D eigenvalue weighted by Gasteiger charge is -2.13. The zero-order chi connectivity index (χ0) is 44.7. The van der Waals surface area contributed by atoms with Crippen LogP contribution in [0, 0.1) is 0 Å². The van der Waals surface area contributed by atoms with E-state index in [1.165, 1.54) is 86.6 Å². The van der Waals surface area contributed by atoms with Crippen LogP contribution in [0.2, 0.25) is 0 Å². The molecule has 0 radical (unpaired) electrons. The van der Waals surface area contributed by atoms with Gasteiger partial charge in [-0.25, -0.2) is 18.0 Å². The fraction of sp³-hybridized carbons (Fsp3) is 0.182. The van der Waals surface area contributed by atoms with E-state index in [-0.39, 0.29) is 68.5 Å². The number of anilines is 2. The van der Waals surface area contributed by atoms with E-state index in [2.05, 4.69) is 23.8 Å². The Balaban J connectivity index is 1.33. The Kier molecular flexibility index (Phi) is 16.2. The van der Waals surface area contributed by atoms with Crippen molar-refractivity contribution in [3.05, 3.63) is 121 Å². The highest BCUT2D eigenvalue weighted by Gasteiger charge is 2.22. The number of rotatable bonds is 22. The molecule has 0 heterocycles. The lowest BCUT2D eigenvalue weighted by molar-refractivity contribution is -0.143. The Hall–Kier alpha value is -7.53. The highest BCUT2D eigenvalue weighted by molar-refractivity contribution is 7.91. The van der Waals surface area contributed by atoms with Gasteiger partial charge in [-0.15, -0.1) is 0 Å². The molecule has 0 unspecified atom stereocenters. The van der Waals surface area contributed by atoms with Crippen LogP contribution in [0.1, 0.15) is 39.5 Å². The molecular formula is C44H40N2O14S. The Morgan fingerprint density at radius 2 is 0.852 bits per heavy atom. The van der Waals surface area contributed by atoms with Crippen LogP contribution in [0.5, 0.6) is 23.0 Å². The number of Topliss-reactive ketones (excluding diaryl/α,β-unsaturated/α-hetero) is 4. The third-order valence-electron chi connectivity index (χ3n) is 8.13. The summed E-state index contributed by atoms with van der Waals surface area (Å²) in [4.78, 5) is 96.8. The molecule has 0 spiro atoms. The smallest absolute Gasteiger partial charge is 0.333 e. The maximum Gasteiger partial charge on any atom is 0.333 e. The van der Waals surface area contributed by atoms with E-state index in [0.29, 0.717) is 0 Å². The van der Waals surface area contributed by atoms with Crippen LogP contribution in [0.4, 0.5) is 11.4 Å². The first kappa shape index (κ1) is 46.2. The van der Waals surface area contributed by atoms with Gasteiger partial charge >= 0.3 is 11.9 Å². The summed E-state index contributed by atoms with van der Waals surface area (Å²) in [6.45, 7) is 9.02. The molecule has 316 valence electrons. The molecule has 2 N–H and O–H groups in total. The molecule has 17 heteroatoms. The van der Waals surface area contributed by atoms with E-state index in [4.69, 9.17) is 18.9 Å². The van der Waals surface area contributed by atoms with Crippen molar-refractivity contribution in [2.24, 2.45) is 0 Å². The second-order valence-electron chi connectivity index (χ2n) is 13.1. The molecule has 4 aromatic carbocycles. The number of para-hydroxylation sites is 4. The second kappa shape index (κ2) is 21.5. The minimum atomic E-state index is -4.03. The summed E-state index contributed by atoms with van der Waals surface area (Å²) in [6.07, 6.45) is -2.31. The first-order chi connectivity index (χ1) is 28.9. The van der Waals surface area contributed by atoms with Gasteiger partial charge < -0.3 is 29.6 Å². The molecule has 0 bridgehead atoms. The molecule has 4 aromatic rings. The standard InChI is InChI=1S/C44H40N2O14S/c1-27(2)43(53)57-23-21-35(47)37(49)25-41(51)45-33-9-5-7-11-39(33)59-29-13-17-31(18-14-29)61(55,56)32-19-15-30(16-20-32)60-40-12-8-6-10-34(40)46-42(52)26-38(50)36(48)22-24-58-44(54)28(3)4/h5-20H,1,3,21-26H2,2,4H3,(H,45,51)(H,46,52). The van der Waals surface area contributed by atoms with Gasteiger partial charge in [0, 0.05) is 24.0 Å². The van der Waals surface area contributed by atoms with Crippen LogP contribution in [0.15, 0.2) is 131 Å². The molecule has 4 rings (SSSR count). The van der Waals surface area contributed by atoms with Gasteiger partial charge in [0.25, 0.3) is 0 Å². The minimum absolute atomic E-state index is 0.0679. The monoisotopic (exact) mass is 852 g/mol. The Morgan fingerprint density at radius 3 is 1.20 bits per heavy atom. The normalized spacial score (nSPS) is 10.7. The minimum Gasteiger partial charge on any atom is -0.462 e. The average Bonchev–Trinajstić information content (AvgIpc) is 3.22. The summed E-state index contributed by atoms with van der Waals surface area (Å²) in [5, 5.41) is 5.04. The number of amides is 2. The second-order valence-corrected chi connectivity index (χ2v) is 15.1. The maximum absolute atomic E-state index is 13.5. The van der Waals surface area contributed by atoms with Gasteiger partial charge in [0.1, 0.15) is 11.5 Å². The molecular weight excluding hydrogens is 813 g/mol. The van der Waals surface area contributed by atoms with E-state index in [0.717, 1.165) is 0 Å². The number of hydrogen-bond acceptors (Lipinski definition) is 14. The van der Waals surface area contributed by atoms with Gasteiger partial charge in [0.15, 0.2) is 11.5 Å². The van der Waals surface area contributed by atoms with Gasteiger partial charge in [-0.2, -0.15) is 0 Å². The lowest BCUT2D eigenvalue weighted by Crippen LogP contribution is -2.23. The summed E-state index contributed by atoms with van der Waals surface area (Å²) in [5.74, 6) is -5.99. The quantitative estimate of drug-likeness (QED) is 0.0396. The van der Waals surface area contributed by atoms with Gasteiger partial charge in [-0.05, 0) is 86.6 Å². The Labute approximate surface area is 350 Å². The maximum atomic E-state index is 13.5. The van der Waals surface area contributed by atoms with Crippen molar-refractivity contribution in [3.63, 3.8) is 0 Å². The molecule has 0 aliphatic carbocycles. The number of ether oxygens (including phenoxy) is 4. The first-order valence-corrected chi connectivity index (χ1v) is 19.8. The number of ketones is 4. The van der Waals surface area contributed by atoms with E-state index in [9.17, 15) is 46.8 Å². The summed E-state index contributed by atoms with van der Waals surface area (Å²) < 4.78 is 48.4. The van der Waals surface area contributed by atoms with Crippen LogP contribution in [-0.2, 0) is 57.7 Å². The van der Waals surface area contributed by atoms with Crippen molar-refractivity contribution < 1.29 is 65.7 Å². The summed E-state index contributed by atoms with van der Waals surface area (Å²) in [5.41, 5.74) is 0.611. The molecule has 16 nitrogen and oxygen atoms in total. The van der Waals surface area contributed by atoms with E-state index < -0.39 is 82.4 Å². The largest absolute Gasteiger partial charge is 0.462 e. The van der Waals surface area contributed by atoms with Gasteiger partial charge in [-0.3, -0.25) is 28.8 Å². The predicted molar refractivity (Wildman–Crippen MR) is 219 cm³/mol. The highest BCUT2D eigenvalue weighted by Crippen LogP contribution is 2.33.